The van der Waals surface area contributed by atoms with E-state index in [4.69, 9.17) is 11.5 Å². The lowest BCUT2D eigenvalue weighted by molar-refractivity contribution is 0.566. The van der Waals surface area contributed by atoms with Gasteiger partial charge in [-0.15, -0.1) is 0 Å². The quantitative estimate of drug-likeness (QED) is 0.836. The summed E-state index contributed by atoms with van der Waals surface area (Å²) < 4.78 is 26.3. The number of hydrogen-bond acceptors (Lipinski definition) is 3. The van der Waals surface area contributed by atoms with Gasteiger partial charge in [-0.25, -0.2) is 8.78 Å². The van der Waals surface area contributed by atoms with E-state index in [1.165, 1.54) is 18.5 Å². The van der Waals surface area contributed by atoms with E-state index < -0.39 is 17.7 Å². The first-order valence-electron chi connectivity index (χ1n) is 4.99. The Morgan fingerprint density at radius 1 is 1.12 bits per heavy atom. The first kappa shape index (κ1) is 11.5. The number of aromatic nitrogens is 1. The van der Waals surface area contributed by atoms with E-state index in [2.05, 4.69) is 4.98 Å². The third-order valence-electron chi connectivity index (χ3n) is 2.52. The van der Waals surface area contributed by atoms with E-state index in [0.717, 1.165) is 12.1 Å². The van der Waals surface area contributed by atoms with Gasteiger partial charge in [0.15, 0.2) is 0 Å². The first-order chi connectivity index (χ1) is 8.09. The first-order valence-corrected chi connectivity index (χ1v) is 4.99. The molecule has 4 N–H and O–H groups in total. The fourth-order valence-corrected chi connectivity index (χ4v) is 1.60. The Bertz CT molecular complexity index is 543. The maximum absolute atomic E-state index is 13.5. The maximum atomic E-state index is 13.5. The third kappa shape index (κ3) is 2.24. The number of rotatable bonds is 2. The van der Waals surface area contributed by atoms with Gasteiger partial charge in [0.25, 0.3) is 0 Å². The summed E-state index contributed by atoms with van der Waals surface area (Å²) in [6.07, 6.45) is 3.00. The molecular formula is C12H11F2N3. The van der Waals surface area contributed by atoms with Crippen LogP contribution in [0, 0.1) is 11.6 Å². The summed E-state index contributed by atoms with van der Waals surface area (Å²) in [5.41, 5.74) is 12.7. The zero-order chi connectivity index (χ0) is 12.4. The molecule has 5 heteroatoms. The minimum Gasteiger partial charge on any atom is -0.398 e. The second kappa shape index (κ2) is 4.47. The van der Waals surface area contributed by atoms with Crippen molar-refractivity contribution in [1.29, 1.82) is 0 Å². The van der Waals surface area contributed by atoms with Crippen LogP contribution in [-0.2, 0) is 0 Å². The molecule has 0 aliphatic heterocycles. The second-order valence-corrected chi connectivity index (χ2v) is 3.65. The summed E-state index contributed by atoms with van der Waals surface area (Å²) >= 11 is 0. The van der Waals surface area contributed by atoms with Crippen LogP contribution in [0.4, 0.5) is 14.5 Å². The monoisotopic (exact) mass is 235 g/mol. The molecule has 0 saturated heterocycles. The normalized spacial score (nSPS) is 12.4. The summed E-state index contributed by atoms with van der Waals surface area (Å²) in [7, 11) is 0. The van der Waals surface area contributed by atoms with E-state index in [0.29, 0.717) is 11.3 Å². The molecule has 0 aliphatic rings. The Morgan fingerprint density at radius 3 is 2.53 bits per heavy atom. The number of nitrogens with zero attached hydrogens (tertiary/aromatic N) is 1. The summed E-state index contributed by atoms with van der Waals surface area (Å²) in [4.78, 5) is 3.88. The van der Waals surface area contributed by atoms with Crippen molar-refractivity contribution < 1.29 is 8.78 Å². The summed E-state index contributed by atoms with van der Waals surface area (Å²) in [5, 5.41) is 0. The van der Waals surface area contributed by atoms with Gasteiger partial charge in [-0.2, -0.15) is 0 Å². The predicted molar refractivity (Wildman–Crippen MR) is 61.0 cm³/mol. The van der Waals surface area contributed by atoms with E-state index >= 15 is 0 Å². The maximum Gasteiger partial charge on any atom is 0.131 e. The minimum atomic E-state index is -0.760. The van der Waals surface area contributed by atoms with Crippen molar-refractivity contribution >= 4 is 5.69 Å². The van der Waals surface area contributed by atoms with E-state index in [1.807, 2.05) is 0 Å². The van der Waals surface area contributed by atoms with Crippen LogP contribution in [-0.4, -0.2) is 4.98 Å². The molecule has 2 rings (SSSR count). The average Bonchev–Trinajstić information content (AvgIpc) is 2.29. The van der Waals surface area contributed by atoms with Crippen LogP contribution in [0.15, 0.2) is 36.7 Å². The molecule has 1 aromatic carbocycles. The van der Waals surface area contributed by atoms with Gasteiger partial charge in [0.2, 0.25) is 0 Å². The van der Waals surface area contributed by atoms with Gasteiger partial charge < -0.3 is 11.5 Å². The molecular weight excluding hydrogens is 224 g/mol. The highest BCUT2D eigenvalue weighted by Gasteiger charge is 2.16. The van der Waals surface area contributed by atoms with E-state index in [1.54, 1.807) is 6.07 Å². The van der Waals surface area contributed by atoms with Crippen molar-refractivity contribution in [3.05, 3.63) is 59.4 Å². The highest BCUT2D eigenvalue weighted by Crippen LogP contribution is 2.25. The zero-order valence-corrected chi connectivity index (χ0v) is 8.90. The predicted octanol–water partition coefficient (Wildman–Crippen LogP) is 1.99. The third-order valence-corrected chi connectivity index (χ3v) is 2.52. The Morgan fingerprint density at radius 2 is 1.88 bits per heavy atom. The molecule has 0 bridgehead atoms. The van der Waals surface area contributed by atoms with Gasteiger partial charge in [-0.3, -0.25) is 4.98 Å². The lowest BCUT2D eigenvalue weighted by atomic mass is 9.99. The number of pyridine rings is 1. The van der Waals surface area contributed by atoms with Gasteiger partial charge in [0, 0.05) is 35.3 Å². The number of halogens is 2. The number of hydrogen-bond donors (Lipinski definition) is 2. The molecule has 0 amide bonds. The Balaban J connectivity index is 2.44. The summed E-state index contributed by atoms with van der Waals surface area (Å²) in [6, 6.07) is 4.08. The molecule has 3 nitrogen and oxygen atoms in total. The van der Waals surface area contributed by atoms with Gasteiger partial charge >= 0.3 is 0 Å². The topological polar surface area (TPSA) is 64.9 Å². The van der Waals surface area contributed by atoms with Crippen LogP contribution < -0.4 is 11.5 Å². The molecule has 0 fully saturated rings. The smallest absolute Gasteiger partial charge is 0.131 e. The molecule has 1 atom stereocenters. The van der Waals surface area contributed by atoms with Gasteiger partial charge in [-0.05, 0) is 12.1 Å². The van der Waals surface area contributed by atoms with Crippen molar-refractivity contribution in [3.8, 4) is 0 Å². The molecule has 0 radical (unpaired) electrons. The highest BCUT2D eigenvalue weighted by molar-refractivity contribution is 5.49. The molecule has 0 spiro atoms. The van der Waals surface area contributed by atoms with Gasteiger partial charge in [0.1, 0.15) is 11.6 Å². The lowest BCUT2D eigenvalue weighted by Crippen LogP contribution is -2.15. The number of anilines is 1. The Labute approximate surface area is 97.1 Å². The SMILES string of the molecule is Nc1ccncc1C(N)c1ccc(F)cc1F. The molecule has 2 aromatic rings. The van der Waals surface area contributed by atoms with Crippen molar-refractivity contribution in [2.45, 2.75) is 6.04 Å². The lowest BCUT2D eigenvalue weighted by Gasteiger charge is -2.14. The Kier molecular flexibility index (Phi) is 3.01. The highest BCUT2D eigenvalue weighted by atomic mass is 19.1. The number of nitrogen functional groups attached to an aromatic ring is 1. The van der Waals surface area contributed by atoms with Crippen molar-refractivity contribution in [3.63, 3.8) is 0 Å². The van der Waals surface area contributed by atoms with Crippen molar-refractivity contribution in [2.24, 2.45) is 5.73 Å². The van der Waals surface area contributed by atoms with Crippen LogP contribution in [0.5, 0.6) is 0 Å². The number of nitrogens with two attached hydrogens (primary N) is 2. The molecule has 88 valence electrons. The van der Waals surface area contributed by atoms with E-state index in [-0.39, 0.29) is 5.56 Å². The van der Waals surface area contributed by atoms with Crippen LogP contribution in [0.2, 0.25) is 0 Å². The molecule has 1 heterocycles. The molecule has 1 unspecified atom stereocenters. The minimum absolute atomic E-state index is 0.186. The van der Waals surface area contributed by atoms with Crippen molar-refractivity contribution in [2.75, 3.05) is 5.73 Å². The molecule has 17 heavy (non-hydrogen) atoms. The standard InChI is InChI=1S/C12H11F2N3/c13-7-1-2-8(10(14)5-7)12(16)9-6-17-4-3-11(9)15/h1-6,12H,16H2,(H2,15,17). The fraction of sp³-hybridized carbons (Fsp3) is 0.0833. The van der Waals surface area contributed by atoms with Crippen molar-refractivity contribution in [1.82, 2.24) is 4.98 Å². The van der Waals surface area contributed by atoms with Crippen LogP contribution in [0.3, 0.4) is 0 Å². The zero-order valence-electron chi connectivity index (χ0n) is 8.90. The van der Waals surface area contributed by atoms with Crippen LogP contribution in [0.25, 0.3) is 0 Å². The molecule has 0 aliphatic carbocycles. The Hall–Kier alpha value is -2.01. The fourth-order valence-electron chi connectivity index (χ4n) is 1.60. The summed E-state index contributed by atoms with van der Waals surface area (Å²) in [6.45, 7) is 0. The van der Waals surface area contributed by atoms with Crippen LogP contribution >= 0.6 is 0 Å². The van der Waals surface area contributed by atoms with Gasteiger partial charge in [0.05, 0.1) is 6.04 Å². The number of benzene rings is 1. The summed E-state index contributed by atoms with van der Waals surface area (Å²) in [5.74, 6) is -1.33. The largest absolute Gasteiger partial charge is 0.398 e. The van der Waals surface area contributed by atoms with Crippen LogP contribution in [0.1, 0.15) is 17.2 Å². The molecule has 1 aromatic heterocycles. The van der Waals surface area contributed by atoms with Gasteiger partial charge in [-0.1, -0.05) is 6.07 Å². The average molecular weight is 235 g/mol. The van der Waals surface area contributed by atoms with E-state index in [9.17, 15) is 8.78 Å². The molecule has 0 saturated carbocycles. The second-order valence-electron chi connectivity index (χ2n) is 3.65.